The molecule has 0 aromatic rings. The average Bonchev–Trinajstić information content (AvgIpc) is 2.02. The summed E-state index contributed by atoms with van der Waals surface area (Å²) in [5.74, 6) is 0.470. The van der Waals surface area contributed by atoms with E-state index in [1.54, 1.807) is 6.92 Å². The minimum Gasteiger partial charge on any atom is -0.469 e. The van der Waals surface area contributed by atoms with Crippen molar-refractivity contribution < 1.29 is 13.7 Å². The van der Waals surface area contributed by atoms with Gasteiger partial charge in [0, 0.05) is 22.3 Å². The fourth-order valence-corrected chi connectivity index (χ4v) is 1.60. The number of methoxy groups -OCH3 is 1. The van der Waals surface area contributed by atoms with E-state index >= 15 is 0 Å². The number of hydrogen-bond donors (Lipinski definition) is 0. The summed E-state index contributed by atoms with van der Waals surface area (Å²) >= 11 is 0. The molecule has 2 atom stereocenters. The van der Waals surface area contributed by atoms with E-state index in [4.69, 9.17) is 0 Å². The Labute approximate surface area is 69.6 Å². The summed E-state index contributed by atoms with van der Waals surface area (Å²) in [7, 11) is 0.461. The van der Waals surface area contributed by atoms with Gasteiger partial charge in [0.25, 0.3) is 0 Å². The summed E-state index contributed by atoms with van der Waals surface area (Å²) in [6.07, 6.45) is 0. The largest absolute Gasteiger partial charge is 0.469 e. The van der Waals surface area contributed by atoms with E-state index in [9.17, 15) is 9.00 Å². The van der Waals surface area contributed by atoms with E-state index in [1.807, 2.05) is 6.92 Å². The molecule has 0 N–H and O–H groups in total. The van der Waals surface area contributed by atoms with Crippen molar-refractivity contribution >= 4 is 16.8 Å². The molecule has 3 nitrogen and oxygen atoms in total. The highest BCUT2D eigenvalue weighted by molar-refractivity contribution is 7.84. The molecule has 0 fully saturated rings. The van der Waals surface area contributed by atoms with Crippen LogP contribution in [0.15, 0.2) is 0 Å². The molecule has 0 amide bonds. The van der Waals surface area contributed by atoms with E-state index in [-0.39, 0.29) is 11.9 Å². The number of ether oxygens (including phenoxy) is 1. The van der Waals surface area contributed by atoms with Gasteiger partial charge in [0.1, 0.15) is 0 Å². The molecule has 4 heteroatoms. The van der Waals surface area contributed by atoms with E-state index in [1.165, 1.54) is 7.11 Å². The van der Waals surface area contributed by atoms with Crippen LogP contribution in [0.3, 0.4) is 0 Å². The van der Waals surface area contributed by atoms with Crippen molar-refractivity contribution in [1.82, 2.24) is 0 Å². The molecule has 0 saturated carbocycles. The van der Waals surface area contributed by atoms with Gasteiger partial charge < -0.3 is 4.74 Å². The van der Waals surface area contributed by atoms with Crippen LogP contribution in [0.2, 0.25) is 0 Å². The Kier molecular flexibility index (Phi) is 5.11. The van der Waals surface area contributed by atoms with Gasteiger partial charge in [-0.15, -0.1) is 0 Å². The van der Waals surface area contributed by atoms with Crippen molar-refractivity contribution in [1.29, 1.82) is 0 Å². The number of rotatable bonds is 4. The van der Waals surface area contributed by atoms with Gasteiger partial charge in [0.2, 0.25) is 0 Å². The fourth-order valence-electron chi connectivity index (χ4n) is 0.666. The van der Waals surface area contributed by atoms with E-state index in [0.29, 0.717) is 11.5 Å². The molecule has 0 aliphatic rings. The monoisotopic (exact) mass is 178 g/mol. The summed E-state index contributed by atoms with van der Waals surface area (Å²) < 4.78 is 15.4. The lowest BCUT2D eigenvalue weighted by molar-refractivity contribution is -0.144. The van der Waals surface area contributed by atoms with Crippen LogP contribution in [-0.4, -0.2) is 28.8 Å². The number of hydrogen-bond acceptors (Lipinski definition) is 3. The summed E-state index contributed by atoms with van der Waals surface area (Å²) in [6, 6.07) is 0. The Bertz CT molecular complexity index is 156. The Hall–Kier alpha value is -0.380. The Balaban J connectivity index is 3.77. The Morgan fingerprint density at radius 2 is 2.18 bits per heavy atom. The SMILES string of the molecule is CCS(=O)CC(C)C(=O)OC. The first-order valence-corrected chi connectivity index (χ1v) is 5.03. The molecule has 0 rings (SSSR count). The highest BCUT2D eigenvalue weighted by Crippen LogP contribution is 2.00. The predicted molar refractivity (Wildman–Crippen MR) is 44.7 cm³/mol. The molecule has 66 valence electrons. The van der Waals surface area contributed by atoms with Crippen molar-refractivity contribution in [3.63, 3.8) is 0 Å². The van der Waals surface area contributed by atoms with Gasteiger partial charge in [-0.1, -0.05) is 13.8 Å². The Morgan fingerprint density at radius 1 is 1.64 bits per heavy atom. The molecule has 0 saturated heterocycles. The predicted octanol–water partition coefficient (Wildman–Crippen LogP) is 0.564. The standard InChI is InChI=1S/C7H14O3S/c1-4-11(9)5-6(2)7(8)10-3/h6H,4-5H2,1-3H3. The topological polar surface area (TPSA) is 43.4 Å². The van der Waals surface area contributed by atoms with Gasteiger partial charge in [-0.3, -0.25) is 9.00 Å². The minimum atomic E-state index is -0.880. The number of carbonyl (C=O) groups excluding carboxylic acids is 1. The third-order valence-electron chi connectivity index (χ3n) is 1.36. The van der Waals surface area contributed by atoms with Gasteiger partial charge in [-0.2, -0.15) is 0 Å². The molecule has 0 bridgehead atoms. The molecule has 0 aliphatic carbocycles. The van der Waals surface area contributed by atoms with Gasteiger partial charge >= 0.3 is 5.97 Å². The third kappa shape index (κ3) is 4.14. The highest BCUT2D eigenvalue weighted by Gasteiger charge is 2.14. The normalized spacial score (nSPS) is 15.5. The van der Waals surface area contributed by atoms with Crippen LogP contribution < -0.4 is 0 Å². The van der Waals surface area contributed by atoms with Gasteiger partial charge in [0.05, 0.1) is 13.0 Å². The zero-order valence-corrected chi connectivity index (χ0v) is 7.94. The summed E-state index contributed by atoms with van der Waals surface area (Å²) in [5, 5.41) is 0. The van der Waals surface area contributed by atoms with Gasteiger partial charge in [0.15, 0.2) is 0 Å². The van der Waals surface area contributed by atoms with Crippen molar-refractivity contribution in [2.75, 3.05) is 18.6 Å². The number of esters is 1. The van der Waals surface area contributed by atoms with Gasteiger partial charge in [-0.25, -0.2) is 0 Å². The molecule has 2 unspecified atom stereocenters. The molecule has 0 heterocycles. The maximum absolute atomic E-state index is 10.9. The first kappa shape index (κ1) is 10.6. The minimum absolute atomic E-state index is 0.249. The third-order valence-corrected chi connectivity index (χ3v) is 2.88. The van der Waals surface area contributed by atoms with Crippen LogP contribution in [0.1, 0.15) is 13.8 Å². The van der Waals surface area contributed by atoms with E-state index in [0.717, 1.165) is 0 Å². The van der Waals surface area contributed by atoms with Crippen molar-refractivity contribution in [2.24, 2.45) is 5.92 Å². The Morgan fingerprint density at radius 3 is 2.55 bits per heavy atom. The van der Waals surface area contributed by atoms with Crippen LogP contribution in [0.25, 0.3) is 0 Å². The maximum atomic E-state index is 10.9. The summed E-state index contributed by atoms with van der Waals surface area (Å²) in [6.45, 7) is 3.56. The van der Waals surface area contributed by atoms with Crippen LogP contribution in [0, 0.1) is 5.92 Å². The van der Waals surface area contributed by atoms with Crippen LogP contribution in [0.4, 0.5) is 0 Å². The lowest BCUT2D eigenvalue weighted by Gasteiger charge is -2.06. The zero-order valence-electron chi connectivity index (χ0n) is 7.12. The van der Waals surface area contributed by atoms with Crippen molar-refractivity contribution in [2.45, 2.75) is 13.8 Å². The molecule has 0 aliphatic heterocycles. The second-order valence-corrected chi connectivity index (χ2v) is 4.11. The van der Waals surface area contributed by atoms with E-state index < -0.39 is 10.8 Å². The van der Waals surface area contributed by atoms with Crippen LogP contribution in [0.5, 0.6) is 0 Å². The second-order valence-electron chi connectivity index (χ2n) is 2.32. The summed E-state index contributed by atoms with van der Waals surface area (Å²) in [5.41, 5.74) is 0. The molecular weight excluding hydrogens is 164 g/mol. The first-order valence-electron chi connectivity index (χ1n) is 3.54. The fraction of sp³-hybridized carbons (Fsp3) is 0.857. The van der Waals surface area contributed by atoms with Crippen LogP contribution in [-0.2, 0) is 20.3 Å². The first-order chi connectivity index (χ1) is 5.11. The lowest BCUT2D eigenvalue weighted by Crippen LogP contribution is -2.19. The molecule has 0 spiro atoms. The van der Waals surface area contributed by atoms with E-state index in [2.05, 4.69) is 4.74 Å². The smallest absolute Gasteiger partial charge is 0.309 e. The average molecular weight is 178 g/mol. The number of carbonyl (C=O) groups is 1. The van der Waals surface area contributed by atoms with Crippen molar-refractivity contribution in [3.05, 3.63) is 0 Å². The second kappa shape index (κ2) is 5.29. The molecular formula is C7H14O3S. The molecule has 0 aromatic carbocycles. The quantitative estimate of drug-likeness (QED) is 0.591. The molecule has 0 radical (unpaired) electrons. The molecule has 0 aromatic heterocycles. The van der Waals surface area contributed by atoms with Crippen LogP contribution >= 0.6 is 0 Å². The molecule has 11 heavy (non-hydrogen) atoms. The lowest BCUT2D eigenvalue weighted by atomic mass is 10.2. The zero-order chi connectivity index (χ0) is 8.85. The van der Waals surface area contributed by atoms with Gasteiger partial charge in [-0.05, 0) is 0 Å². The summed E-state index contributed by atoms with van der Waals surface area (Å²) in [4.78, 5) is 10.8. The van der Waals surface area contributed by atoms with Crippen molar-refractivity contribution in [3.8, 4) is 0 Å². The maximum Gasteiger partial charge on any atom is 0.309 e. The highest BCUT2D eigenvalue weighted by atomic mass is 32.2.